The third kappa shape index (κ3) is 33.6. The predicted molar refractivity (Wildman–Crippen MR) is 190 cm³/mol. The van der Waals surface area contributed by atoms with Crippen molar-refractivity contribution in [3.8, 4) is 0 Å². The van der Waals surface area contributed by atoms with Crippen molar-refractivity contribution in [3.05, 3.63) is 0 Å². The second kappa shape index (κ2) is 35.3. The zero-order valence-corrected chi connectivity index (χ0v) is 30.0. The molecule has 6 nitrogen and oxygen atoms in total. The molecule has 1 amide bonds. The van der Waals surface area contributed by atoms with Crippen LogP contribution >= 0.6 is 0 Å². The molecule has 0 aliphatic carbocycles. The first-order valence-electron chi connectivity index (χ1n) is 19.7. The molecule has 1 atom stereocenters. The van der Waals surface area contributed by atoms with E-state index in [4.69, 9.17) is 4.74 Å². The van der Waals surface area contributed by atoms with Gasteiger partial charge in [-0.3, -0.25) is 9.59 Å². The molecule has 0 aliphatic heterocycles. The molecule has 0 fully saturated rings. The summed E-state index contributed by atoms with van der Waals surface area (Å²) < 4.78 is 5.30. The monoisotopic (exact) mass is 638 g/mol. The number of nitrogens with one attached hydrogen (secondary N) is 1. The highest BCUT2D eigenvalue weighted by molar-refractivity contribution is 5.84. The quantitative estimate of drug-likeness (QED) is 0.0526. The summed E-state index contributed by atoms with van der Waals surface area (Å²) in [5.41, 5.74) is 0. The Balaban J connectivity index is 3.54. The summed E-state index contributed by atoms with van der Waals surface area (Å²) >= 11 is 0. The van der Waals surface area contributed by atoms with E-state index < -0.39 is 12.0 Å². The highest BCUT2D eigenvalue weighted by Gasteiger charge is 2.21. The van der Waals surface area contributed by atoms with Crippen LogP contribution in [0, 0.1) is 0 Å². The molecule has 0 radical (unpaired) electrons. The largest absolute Gasteiger partial charge is 0.480 e. The van der Waals surface area contributed by atoms with Crippen LogP contribution in [-0.4, -0.2) is 35.6 Å². The van der Waals surface area contributed by atoms with Crippen LogP contribution in [0.25, 0.3) is 0 Å². The van der Waals surface area contributed by atoms with Crippen molar-refractivity contribution in [2.24, 2.45) is 0 Å². The number of carboxylic acids is 1. The lowest BCUT2D eigenvalue weighted by Crippen LogP contribution is -2.41. The van der Waals surface area contributed by atoms with E-state index in [9.17, 15) is 19.5 Å². The number of unbranched alkanes of at least 4 members (excludes halogenated alkanes) is 27. The molecule has 0 spiro atoms. The average molecular weight is 638 g/mol. The average Bonchev–Trinajstić information content (AvgIpc) is 3.02. The van der Waals surface area contributed by atoms with E-state index in [-0.39, 0.29) is 24.7 Å². The van der Waals surface area contributed by atoms with Gasteiger partial charge in [-0.1, -0.05) is 187 Å². The zero-order valence-electron chi connectivity index (χ0n) is 30.0. The fraction of sp³-hybridized carbons (Fsp3) is 0.923. The molecule has 0 bridgehead atoms. The first-order chi connectivity index (χ1) is 22.0. The summed E-state index contributed by atoms with van der Waals surface area (Å²) in [4.78, 5) is 35.8. The zero-order chi connectivity index (χ0) is 33.1. The van der Waals surface area contributed by atoms with Crippen molar-refractivity contribution in [2.45, 2.75) is 225 Å². The maximum Gasteiger partial charge on any atom is 0.326 e. The van der Waals surface area contributed by atoms with E-state index in [0.717, 1.165) is 32.1 Å². The van der Waals surface area contributed by atoms with Crippen LogP contribution in [0.2, 0.25) is 0 Å². The molecule has 0 heterocycles. The third-order valence-electron chi connectivity index (χ3n) is 9.04. The molecule has 0 aromatic rings. The first kappa shape index (κ1) is 43.4. The van der Waals surface area contributed by atoms with Crippen molar-refractivity contribution < 1.29 is 24.2 Å². The Morgan fingerprint density at radius 3 is 1.18 bits per heavy atom. The third-order valence-corrected chi connectivity index (χ3v) is 9.04. The molecular formula is C39H75NO5. The topological polar surface area (TPSA) is 92.7 Å². The number of hydrogen-bond acceptors (Lipinski definition) is 4. The highest BCUT2D eigenvalue weighted by atomic mass is 16.5. The van der Waals surface area contributed by atoms with Crippen LogP contribution in [0.5, 0.6) is 0 Å². The predicted octanol–water partition coefficient (Wildman–Crippen LogP) is 11.6. The van der Waals surface area contributed by atoms with Crippen LogP contribution in [0.1, 0.15) is 219 Å². The minimum Gasteiger partial charge on any atom is -0.480 e. The molecule has 266 valence electrons. The molecule has 6 heteroatoms. The van der Waals surface area contributed by atoms with Crippen LogP contribution < -0.4 is 5.32 Å². The van der Waals surface area contributed by atoms with Gasteiger partial charge in [0.1, 0.15) is 6.04 Å². The highest BCUT2D eigenvalue weighted by Crippen LogP contribution is 2.15. The summed E-state index contributed by atoms with van der Waals surface area (Å²) in [6.45, 7) is 4.89. The fourth-order valence-corrected chi connectivity index (χ4v) is 6.00. The van der Waals surface area contributed by atoms with Crippen LogP contribution in [0.15, 0.2) is 0 Å². The Morgan fingerprint density at radius 1 is 0.489 bits per heavy atom. The van der Waals surface area contributed by atoms with Gasteiger partial charge in [-0.2, -0.15) is 0 Å². The summed E-state index contributed by atoms with van der Waals surface area (Å²) in [5, 5.41) is 12.0. The van der Waals surface area contributed by atoms with Gasteiger partial charge in [-0.15, -0.1) is 0 Å². The molecule has 0 aromatic heterocycles. The van der Waals surface area contributed by atoms with E-state index in [0.29, 0.717) is 13.0 Å². The number of rotatable bonds is 36. The van der Waals surface area contributed by atoms with Crippen LogP contribution in [-0.2, 0) is 19.1 Å². The summed E-state index contributed by atoms with van der Waals surface area (Å²) in [5.74, 6) is -1.73. The fourth-order valence-electron chi connectivity index (χ4n) is 6.00. The van der Waals surface area contributed by atoms with Crippen molar-refractivity contribution in [2.75, 3.05) is 6.61 Å². The minimum atomic E-state index is -1.10. The normalized spacial score (nSPS) is 11.9. The Morgan fingerprint density at radius 2 is 0.822 bits per heavy atom. The number of ether oxygens (including phenoxy) is 1. The van der Waals surface area contributed by atoms with Gasteiger partial charge in [0.2, 0.25) is 5.91 Å². The van der Waals surface area contributed by atoms with E-state index in [1.54, 1.807) is 0 Å². The number of carbonyl (C=O) groups is 3. The van der Waals surface area contributed by atoms with Crippen molar-refractivity contribution in [3.63, 3.8) is 0 Å². The first-order valence-corrected chi connectivity index (χ1v) is 19.7. The SMILES string of the molecule is CCCCCCCCCCCCCCCCCCCCCCOC(=O)CC[C@H](NC(=O)CCCCCCCCCCC)C(=O)O. The van der Waals surface area contributed by atoms with Crippen LogP contribution in [0.3, 0.4) is 0 Å². The van der Waals surface area contributed by atoms with Crippen molar-refractivity contribution in [1.29, 1.82) is 0 Å². The molecule has 0 aliphatic rings. The molecule has 0 unspecified atom stereocenters. The molecule has 2 N–H and O–H groups in total. The number of carboxylic acid groups (broad SMARTS) is 1. The molecule has 0 rings (SSSR count). The Bertz CT molecular complexity index is 668. The minimum absolute atomic E-state index is 0.00840. The number of carbonyl (C=O) groups excluding carboxylic acids is 2. The molecular weight excluding hydrogens is 562 g/mol. The van der Waals surface area contributed by atoms with Gasteiger partial charge >= 0.3 is 11.9 Å². The second-order valence-corrected chi connectivity index (χ2v) is 13.5. The van der Waals surface area contributed by atoms with Gasteiger partial charge in [0.25, 0.3) is 0 Å². The number of aliphatic carboxylic acids is 1. The Labute approximate surface area is 279 Å². The van der Waals surface area contributed by atoms with Gasteiger partial charge < -0.3 is 15.2 Å². The summed E-state index contributed by atoms with van der Waals surface area (Å²) in [6, 6.07) is -1.04. The standard InChI is InChI=1S/C39H75NO5/c1-3-5-7-9-11-13-14-15-16-17-18-19-20-21-22-23-25-27-29-31-35-45-38(42)34-33-36(39(43)44)40-37(41)32-30-28-26-24-12-10-8-6-4-2/h36H,3-35H2,1-2H3,(H,40,41)(H,43,44)/t36-/m0/s1. The molecule has 45 heavy (non-hydrogen) atoms. The number of esters is 1. The maximum atomic E-state index is 12.2. The summed E-state index contributed by atoms with van der Waals surface area (Å²) in [7, 11) is 0. The summed E-state index contributed by atoms with van der Waals surface area (Å²) in [6.07, 6.45) is 37.5. The van der Waals surface area contributed by atoms with Gasteiger partial charge in [-0.05, 0) is 19.3 Å². The molecule has 0 saturated carbocycles. The second-order valence-electron chi connectivity index (χ2n) is 13.5. The van der Waals surface area contributed by atoms with Gasteiger partial charge in [-0.25, -0.2) is 4.79 Å². The van der Waals surface area contributed by atoms with Gasteiger partial charge in [0.15, 0.2) is 0 Å². The number of hydrogen-bond donors (Lipinski definition) is 2. The van der Waals surface area contributed by atoms with Crippen molar-refractivity contribution >= 4 is 17.8 Å². The lowest BCUT2D eigenvalue weighted by Gasteiger charge is -2.14. The van der Waals surface area contributed by atoms with E-state index in [1.165, 1.54) is 154 Å². The molecule has 0 saturated heterocycles. The van der Waals surface area contributed by atoms with E-state index in [2.05, 4.69) is 19.2 Å². The van der Waals surface area contributed by atoms with Gasteiger partial charge in [0.05, 0.1) is 6.61 Å². The van der Waals surface area contributed by atoms with E-state index in [1.807, 2.05) is 0 Å². The Hall–Kier alpha value is -1.59. The molecule has 0 aromatic carbocycles. The number of amides is 1. The van der Waals surface area contributed by atoms with Crippen LogP contribution in [0.4, 0.5) is 0 Å². The lowest BCUT2D eigenvalue weighted by atomic mass is 10.0. The Kier molecular flexibility index (Phi) is 34.0. The van der Waals surface area contributed by atoms with Crippen molar-refractivity contribution in [1.82, 2.24) is 5.32 Å². The van der Waals surface area contributed by atoms with Gasteiger partial charge in [0, 0.05) is 12.8 Å². The maximum absolute atomic E-state index is 12.2. The van der Waals surface area contributed by atoms with E-state index >= 15 is 0 Å². The lowest BCUT2D eigenvalue weighted by molar-refractivity contribution is -0.145. The smallest absolute Gasteiger partial charge is 0.326 e.